The second-order valence-electron chi connectivity index (χ2n) is 11.9. The zero-order chi connectivity index (χ0) is 27.5. The molecule has 1 aromatic carbocycles. The first-order valence-electron chi connectivity index (χ1n) is 14.6. The number of aromatic nitrogens is 3. The van der Waals surface area contributed by atoms with Gasteiger partial charge in [-0.15, -0.1) is 0 Å². The Hall–Kier alpha value is -3.19. The van der Waals surface area contributed by atoms with E-state index >= 15 is 0 Å². The molecule has 0 amide bonds. The number of fused-ring (bicyclic) bond motifs is 1. The number of carbonyl (C=O) groups is 1. The van der Waals surface area contributed by atoms with Crippen molar-refractivity contribution in [2.24, 2.45) is 5.92 Å². The Morgan fingerprint density at radius 2 is 1.97 bits per heavy atom. The largest absolute Gasteiger partial charge is 0.481 e. The molecular formula is C32H43N5O2. The lowest BCUT2D eigenvalue weighted by Crippen LogP contribution is -2.28. The molecule has 39 heavy (non-hydrogen) atoms. The Balaban J connectivity index is 1.28. The van der Waals surface area contributed by atoms with Crippen LogP contribution in [0.4, 0.5) is 5.82 Å². The van der Waals surface area contributed by atoms with E-state index in [1.54, 1.807) is 0 Å². The SMILES string of the molecule is Cc1cc(C)n(-c2cc(C(C)C)cc([C@H](CC(=O)O)CN3CC[C@@H](CCc4ccc5c(n4)NCCC5)C3)c2)n1. The van der Waals surface area contributed by atoms with Gasteiger partial charge in [0.2, 0.25) is 0 Å². The highest BCUT2D eigenvalue weighted by Crippen LogP contribution is 2.31. The molecule has 2 aliphatic heterocycles. The van der Waals surface area contributed by atoms with Gasteiger partial charge < -0.3 is 15.3 Å². The fraction of sp³-hybridized carbons (Fsp3) is 0.531. The van der Waals surface area contributed by atoms with Crippen LogP contribution < -0.4 is 5.32 Å². The Morgan fingerprint density at radius 1 is 1.15 bits per heavy atom. The number of pyridine rings is 1. The zero-order valence-electron chi connectivity index (χ0n) is 23.9. The van der Waals surface area contributed by atoms with Crippen molar-refractivity contribution < 1.29 is 9.90 Å². The molecule has 7 heteroatoms. The number of nitrogens with zero attached hydrogens (tertiary/aromatic N) is 4. The van der Waals surface area contributed by atoms with Crippen molar-refractivity contribution in [3.8, 4) is 5.69 Å². The molecule has 0 aliphatic carbocycles. The summed E-state index contributed by atoms with van der Waals surface area (Å²) in [4.78, 5) is 19.3. The van der Waals surface area contributed by atoms with Crippen LogP contribution in [0.2, 0.25) is 0 Å². The number of hydrogen-bond donors (Lipinski definition) is 2. The molecule has 4 heterocycles. The van der Waals surface area contributed by atoms with E-state index in [0.717, 1.165) is 80.3 Å². The number of aryl methyl sites for hydroxylation is 4. The molecule has 2 atom stereocenters. The predicted molar refractivity (Wildman–Crippen MR) is 156 cm³/mol. The van der Waals surface area contributed by atoms with E-state index in [-0.39, 0.29) is 12.3 Å². The van der Waals surface area contributed by atoms with E-state index in [0.29, 0.717) is 11.8 Å². The van der Waals surface area contributed by atoms with Crippen molar-refractivity contribution in [1.82, 2.24) is 19.7 Å². The first-order chi connectivity index (χ1) is 18.7. The number of carboxylic acids is 1. The van der Waals surface area contributed by atoms with Gasteiger partial charge in [0.25, 0.3) is 0 Å². The number of hydrogen-bond acceptors (Lipinski definition) is 5. The second-order valence-corrected chi connectivity index (χ2v) is 11.9. The topological polar surface area (TPSA) is 83.3 Å². The standard InChI is InChI=1S/C32H43N5O2/c1-21(2)26-15-27(17-30(16-26)37-23(4)14-22(3)35-37)28(18-31(38)39)20-36-13-11-24(19-36)7-9-29-10-8-25-6-5-12-33-32(25)34-29/h8,10,14-17,21,24,28H,5-7,9,11-13,18-20H2,1-4H3,(H,33,34)(H,38,39)/t24-,28-/m1/s1. The minimum atomic E-state index is -0.745. The predicted octanol–water partition coefficient (Wildman–Crippen LogP) is 5.88. The molecule has 2 aliphatic rings. The molecule has 0 spiro atoms. The highest BCUT2D eigenvalue weighted by Gasteiger charge is 2.27. The maximum absolute atomic E-state index is 12.0. The Labute approximate surface area is 232 Å². The third-order valence-corrected chi connectivity index (χ3v) is 8.38. The quantitative estimate of drug-likeness (QED) is 0.341. The van der Waals surface area contributed by atoms with E-state index in [9.17, 15) is 9.90 Å². The van der Waals surface area contributed by atoms with Crippen molar-refractivity contribution in [3.63, 3.8) is 0 Å². The number of nitrogens with one attached hydrogen (secondary N) is 1. The Kier molecular flexibility index (Phi) is 8.36. The van der Waals surface area contributed by atoms with Crippen molar-refractivity contribution in [2.45, 2.75) is 78.1 Å². The summed E-state index contributed by atoms with van der Waals surface area (Å²) in [5.74, 6) is 1.23. The first kappa shape index (κ1) is 27.4. The van der Waals surface area contributed by atoms with Gasteiger partial charge in [-0.2, -0.15) is 5.10 Å². The molecule has 1 saturated heterocycles. The van der Waals surface area contributed by atoms with Crippen LogP contribution in [0.3, 0.4) is 0 Å². The summed E-state index contributed by atoms with van der Waals surface area (Å²) in [5, 5.41) is 18.0. The van der Waals surface area contributed by atoms with E-state index in [1.165, 1.54) is 23.2 Å². The van der Waals surface area contributed by atoms with Crippen LogP contribution in [0.25, 0.3) is 5.69 Å². The Bertz CT molecular complexity index is 1310. The van der Waals surface area contributed by atoms with Crippen LogP contribution in [-0.2, 0) is 17.6 Å². The molecule has 2 N–H and O–H groups in total. The fourth-order valence-electron chi connectivity index (χ4n) is 6.23. The normalized spacial score (nSPS) is 18.2. The van der Waals surface area contributed by atoms with Gasteiger partial charge >= 0.3 is 5.97 Å². The molecule has 0 saturated carbocycles. The van der Waals surface area contributed by atoms with Gasteiger partial charge in [-0.25, -0.2) is 9.67 Å². The summed E-state index contributed by atoms with van der Waals surface area (Å²) in [6.45, 7) is 12.3. The van der Waals surface area contributed by atoms with Crippen LogP contribution in [0.15, 0.2) is 36.4 Å². The number of rotatable bonds is 10. The van der Waals surface area contributed by atoms with Gasteiger partial charge in [-0.05, 0) is 105 Å². The molecule has 0 unspecified atom stereocenters. The lowest BCUT2D eigenvalue weighted by atomic mass is 9.90. The molecular weight excluding hydrogens is 486 g/mol. The molecule has 5 rings (SSSR count). The van der Waals surface area contributed by atoms with Crippen molar-refractivity contribution >= 4 is 11.8 Å². The summed E-state index contributed by atoms with van der Waals surface area (Å²) >= 11 is 0. The number of aliphatic carboxylic acids is 1. The summed E-state index contributed by atoms with van der Waals surface area (Å²) in [6, 6.07) is 13.1. The summed E-state index contributed by atoms with van der Waals surface area (Å²) in [5.41, 5.74) is 7.91. The summed E-state index contributed by atoms with van der Waals surface area (Å²) in [6.07, 6.45) is 5.70. The van der Waals surface area contributed by atoms with Gasteiger partial charge in [0.1, 0.15) is 5.82 Å². The number of benzene rings is 1. The molecule has 3 aromatic rings. The Morgan fingerprint density at radius 3 is 2.72 bits per heavy atom. The van der Waals surface area contributed by atoms with Gasteiger partial charge in [0.15, 0.2) is 0 Å². The molecule has 7 nitrogen and oxygen atoms in total. The third kappa shape index (κ3) is 6.70. The molecule has 208 valence electrons. The first-order valence-corrected chi connectivity index (χ1v) is 14.6. The van der Waals surface area contributed by atoms with Gasteiger partial charge in [-0.3, -0.25) is 4.79 Å². The lowest BCUT2D eigenvalue weighted by Gasteiger charge is -2.25. The lowest BCUT2D eigenvalue weighted by molar-refractivity contribution is -0.137. The monoisotopic (exact) mass is 529 g/mol. The highest BCUT2D eigenvalue weighted by atomic mass is 16.4. The van der Waals surface area contributed by atoms with Crippen molar-refractivity contribution in [2.75, 3.05) is 31.5 Å². The maximum Gasteiger partial charge on any atom is 0.304 e. The number of carboxylic acid groups (broad SMARTS) is 1. The van der Waals surface area contributed by atoms with Gasteiger partial charge in [0.05, 0.1) is 17.8 Å². The van der Waals surface area contributed by atoms with Crippen LogP contribution in [0, 0.1) is 19.8 Å². The van der Waals surface area contributed by atoms with E-state index < -0.39 is 5.97 Å². The summed E-state index contributed by atoms with van der Waals surface area (Å²) in [7, 11) is 0. The minimum absolute atomic E-state index is 0.0657. The maximum atomic E-state index is 12.0. The number of likely N-dealkylation sites (tertiary alicyclic amines) is 1. The van der Waals surface area contributed by atoms with Crippen molar-refractivity contribution in [3.05, 3.63) is 70.2 Å². The van der Waals surface area contributed by atoms with Crippen LogP contribution >= 0.6 is 0 Å². The fourth-order valence-corrected chi connectivity index (χ4v) is 6.23. The zero-order valence-corrected chi connectivity index (χ0v) is 23.9. The average Bonchev–Trinajstić information content (AvgIpc) is 3.51. The minimum Gasteiger partial charge on any atom is -0.481 e. The average molecular weight is 530 g/mol. The third-order valence-electron chi connectivity index (χ3n) is 8.38. The van der Waals surface area contributed by atoms with Crippen molar-refractivity contribution in [1.29, 1.82) is 0 Å². The van der Waals surface area contributed by atoms with E-state index in [4.69, 9.17) is 10.1 Å². The van der Waals surface area contributed by atoms with Crippen LogP contribution in [0.1, 0.15) is 85.1 Å². The van der Waals surface area contributed by atoms with E-state index in [2.05, 4.69) is 67.4 Å². The highest BCUT2D eigenvalue weighted by molar-refractivity contribution is 5.68. The van der Waals surface area contributed by atoms with Crippen LogP contribution in [-0.4, -0.2) is 56.9 Å². The van der Waals surface area contributed by atoms with Crippen LogP contribution in [0.5, 0.6) is 0 Å². The van der Waals surface area contributed by atoms with Gasteiger partial charge in [-0.1, -0.05) is 26.0 Å². The molecule has 1 fully saturated rings. The smallest absolute Gasteiger partial charge is 0.304 e. The number of anilines is 1. The molecule has 2 aromatic heterocycles. The molecule has 0 radical (unpaired) electrons. The van der Waals surface area contributed by atoms with E-state index in [1.807, 2.05) is 11.6 Å². The second kappa shape index (κ2) is 11.9. The van der Waals surface area contributed by atoms with Gasteiger partial charge in [0, 0.05) is 36.9 Å². The summed E-state index contributed by atoms with van der Waals surface area (Å²) < 4.78 is 1.98. The molecule has 0 bridgehead atoms.